The third kappa shape index (κ3) is 4.50. The van der Waals surface area contributed by atoms with Crippen molar-refractivity contribution in [1.29, 1.82) is 0 Å². The fourth-order valence-corrected chi connectivity index (χ4v) is 9.54. The molecule has 0 fully saturated rings. The second-order valence-electron chi connectivity index (χ2n) is 9.83. The van der Waals surface area contributed by atoms with E-state index in [0.29, 0.717) is 43.9 Å². The summed E-state index contributed by atoms with van der Waals surface area (Å²) in [4.78, 5) is 28.6. The van der Waals surface area contributed by atoms with E-state index in [1.54, 1.807) is 17.4 Å². The lowest BCUT2D eigenvalue weighted by atomic mass is 10.1. The van der Waals surface area contributed by atoms with E-state index in [1.807, 2.05) is 61.5 Å². The van der Waals surface area contributed by atoms with Gasteiger partial charge in [-0.2, -0.15) is 0 Å². The van der Waals surface area contributed by atoms with Crippen LogP contribution >= 0.6 is 45.0 Å². The summed E-state index contributed by atoms with van der Waals surface area (Å²) < 4.78 is 9.74. The van der Waals surface area contributed by atoms with Crippen LogP contribution in [0.15, 0.2) is 76.3 Å². The van der Waals surface area contributed by atoms with Crippen molar-refractivity contribution >= 4 is 85.4 Å². The van der Waals surface area contributed by atoms with Crippen LogP contribution < -0.4 is 15.6 Å². The summed E-state index contributed by atoms with van der Waals surface area (Å²) in [6, 6.07) is 21.2. The van der Waals surface area contributed by atoms with E-state index in [2.05, 4.69) is 13.0 Å². The van der Waals surface area contributed by atoms with E-state index in [1.165, 1.54) is 0 Å². The molecule has 1 atom stereocenters. The zero-order chi connectivity index (χ0) is 28.0. The summed E-state index contributed by atoms with van der Waals surface area (Å²) >= 11 is 14.9. The second-order valence-corrected chi connectivity index (χ2v) is 13.6. The van der Waals surface area contributed by atoms with Gasteiger partial charge in [0, 0.05) is 31.3 Å². The Hall–Kier alpha value is -2.96. The largest absolute Gasteiger partial charge is 0.488 e. The van der Waals surface area contributed by atoms with Crippen molar-refractivity contribution in [2.75, 3.05) is 6.61 Å². The first kappa shape index (κ1) is 27.2. The van der Waals surface area contributed by atoms with Gasteiger partial charge in [-0.25, -0.2) is 0 Å². The Kier molecular flexibility index (Phi) is 7.58. The SMILES string of the molecule is CCCCc1ccc(Cl)c2c(=O)c3cc(-[s+]4c5ccccc5c(=O)c5c(Cl)ccc(OCCC)c54)ccc3sc12. The number of halogens is 2. The average Bonchev–Trinajstić information content (AvgIpc) is 2.96. The first-order chi connectivity index (χ1) is 19.4. The predicted octanol–water partition coefficient (Wildman–Crippen LogP) is 10.3. The van der Waals surface area contributed by atoms with Gasteiger partial charge < -0.3 is 4.74 Å². The molecule has 6 rings (SSSR count). The van der Waals surface area contributed by atoms with Crippen LogP contribution in [-0.4, -0.2) is 6.61 Å². The van der Waals surface area contributed by atoms with E-state index in [9.17, 15) is 9.59 Å². The molecule has 2 aromatic heterocycles. The summed E-state index contributed by atoms with van der Waals surface area (Å²) in [5.41, 5.74) is 0.996. The quantitative estimate of drug-likeness (QED) is 0.134. The fraction of sp³-hybridized carbons (Fsp3) is 0.212. The minimum atomic E-state index is -0.713. The van der Waals surface area contributed by atoms with Crippen molar-refractivity contribution in [3.8, 4) is 10.6 Å². The smallest absolute Gasteiger partial charge is 0.234 e. The molecule has 0 N–H and O–H groups in total. The molecule has 0 radical (unpaired) electrons. The van der Waals surface area contributed by atoms with Crippen LogP contribution in [0.3, 0.4) is 0 Å². The molecule has 0 amide bonds. The molecule has 0 aliphatic rings. The van der Waals surface area contributed by atoms with Crippen molar-refractivity contribution in [3.63, 3.8) is 0 Å². The van der Waals surface area contributed by atoms with E-state index in [-0.39, 0.29) is 10.9 Å². The Labute approximate surface area is 248 Å². The molecule has 0 aliphatic carbocycles. The molecule has 1 unspecified atom stereocenters. The van der Waals surface area contributed by atoms with Gasteiger partial charge in [-0.3, -0.25) is 9.59 Å². The normalized spacial score (nSPS) is 12.2. The molecule has 2 heterocycles. The number of benzene rings is 4. The van der Waals surface area contributed by atoms with Gasteiger partial charge in [-0.05, 0) is 67.3 Å². The first-order valence-electron chi connectivity index (χ1n) is 13.5. The molecular formula is C33H27Cl2O3S2+. The third-order valence-electron chi connectivity index (χ3n) is 7.17. The van der Waals surface area contributed by atoms with Gasteiger partial charge in [-0.1, -0.05) is 61.7 Å². The Bertz CT molecular complexity index is 2060. The fourth-order valence-electron chi connectivity index (χ4n) is 5.24. The predicted molar refractivity (Wildman–Crippen MR) is 175 cm³/mol. The zero-order valence-electron chi connectivity index (χ0n) is 22.2. The van der Waals surface area contributed by atoms with Gasteiger partial charge in [-0.15, -0.1) is 11.3 Å². The minimum absolute atomic E-state index is 0.0623. The van der Waals surface area contributed by atoms with E-state index in [4.69, 9.17) is 27.9 Å². The maximum absolute atomic E-state index is 14.0. The monoisotopic (exact) mass is 605 g/mol. The highest BCUT2D eigenvalue weighted by atomic mass is 35.5. The minimum Gasteiger partial charge on any atom is -0.488 e. The summed E-state index contributed by atoms with van der Waals surface area (Å²) in [7, 11) is -0.713. The molecule has 3 nitrogen and oxygen atoms in total. The van der Waals surface area contributed by atoms with Gasteiger partial charge >= 0.3 is 0 Å². The van der Waals surface area contributed by atoms with Crippen LogP contribution in [0.5, 0.6) is 5.75 Å². The Morgan fingerprint density at radius 1 is 0.825 bits per heavy atom. The lowest BCUT2D eigenvalue weighted by molar-refractivity contribution is 0.321. The van der Waals surface area contributed by atoms with E-state index in [0.717, 1.165) is 54.9 Å². The van der Waals surface area contributed by atoms with Crippen LogP contribution in [0.4, 0.5) is 0 Å². The van der Waals surface area contributed by atoms with Crippen LogP contribution in [0.25, 0.3) is 45.2 Å². The first-order valence-corrected chi connectivity index (χ1v) is 16.3. The summed E-state index contributed by atoms with van der Waals surface area (Å²) in [6.07, 6.45) is 3.88. The molecule has 0 saturated carbocycles. The third-order valence-corrected chi connectivity index (χ3v) is 11.4. The summed E-state index contributed by atoms with van der Waals surface area (Å²) in [5.74, 6) is 0.653. The molecule has 0 spiro atoms. The molecule has 0 aliphatic heterocycles. The topological polar surface area (TPSA) is 43.4 Å². The average molecular weight is 607 g/mol. The van der Waals surface area contributed by atoms with E-state index < -0.39 is 10.5 Å². The standard InChI is InChI=1S/C33H27Cl2O3S2/c1-3-5-8-19-11-13-23(34)28-31(37)22-18-20(12-16-26(22)39-32(19)28)40-27-10-7-6-9-21(27)30(36)29-24(35)14-15-25(33(29)40)38-17-4-2/h6-7,9-16,18H,3-5,8,17H2,1-2H3/q+1. The van der Waals surface area contributed by atoms with Gasteiger partial charge in [0.2, 0.25) is 10.1 Å². The van der Waals surface area contributed by atoms with Crippen molar-refractivity contribution < 1.29 is 4.74 Å². The maximum atomic E-state index is 14.0. The van der Waals surface area contributed by atoms with Crippen molar-refractivity contribution in [3.05, 3.63) is 103 Å². The Morgan fingerprint density at radius 3 is 2.38 bits per heavy atom. The molecule has 0 saturated heterocycles. The van der Waals surface area contributed by atoms with E-state index >= 15 is 0 Å². The molecular weight excluding hydrogens is 579 g/mol. The van der Waals surface area contributed by atoms with Crippen LogP contribution in [0.2, 0.25) is 10.0 Å². The number of fused-ring (bicyclic) bond motifs is 4. The lowest BCUT2D eigenvalue weighted by Gasteiger charge is -2.11. The molecule has 6 aromatic rings. The number of hydrogen-bond acceptors (Lipinski definition) is 4. The molecule has 40 heavy (non-hydrogen) atoms. The zero-order valence-corrected chi connectivity index (χ0v) is 25.3. The summed E-state index contributed by atoms with van der Waals surface area (Å²) in [5, 5.41) is 3.20. The number of unbranched alkanes of at least 4 members (excludes halogenated alkanes) is 1. The van der Waals surface area contributed by atoms with Crippen molar-refractivity contribution in [2.24, 2.45) is 0 Å². The van der Waals surface area contributed by atoms with Gasteiger partial charge in [0.15, 0.2) is 20.8 Å². The Morgan fingerprint density at radius 2 is 1.57 bits per heavy atom. The Balaban J connectivity index is 1.72. The maximum Gasteiger partial charge on any atom is 0.234 e. The van der Waals surface area contributed by atoms with Crippen molar-refractivity contribution in [2.45, 2.75) is 39.5 Å². The highest BCUT2D eigenvalue weighted by Crippen LogP contribution is 2.49. The van der Waals surface area contributed by atoms with Crippen LogP contribution in [-0.2, 0) is 6.42 Å². The highest BCUT2D eigenvalue weighted by molar-refractivity contribution is 7.49. The number of rotatable bonds is 7. The molecule has 7 heteroatoms. The molecule has 202 valence electrons. The second kappa shape index (κ2) is 11.1. The van der Waals surface area contributed by atoms with Gasteiger partial charge in [0.05, 0.1) is 27.4 Å². The van der Waals surface area contributed by atoms with Gasteiger partial charge in [0.25, 0.3) is 0 Å². The lowest BCUT2D eigenvalue weighted by Crippen LogP contribution is -2.06. The highest BCUT2D eigenvalue weighted by Gasteiger charge is 2.28. The number of ether oxygens (including phenoxy) is 1. The number of hydrogen-bond donors (Lipinski definition) is 0. The van der Waals surface area contributed by atoms with Gasteiger partial charge in [0.1, 0.15) is 5.39 Å². The molecule has 4 aromatic carbocycles. The van der Waals surface area contributed by atoms with Crippen LogP contribution in [0, 0.1) is 0 Å². The van der Waals surface area contributed by atoms with Crippen molar-refractivity contribution in [1.82, 2.24) is 0 Å². The van der Waals surface area contributed by atoms with Crippen LogP contribution in [0.1, 0.15) is 38.7 Å². The number of aryl methyl sites for hydroxylation is 1. The molecule has 0 bridgehead atoms. The summed E-state index contributed by atoms with van der Waals surface area (Å²) in [6.45, 7) is 4.74.